The Labute approximate surface area is 157 Å². The molecule has 0 heterocycles. The summed E-state index contributed by atoms with van der Waals surface area (Å²) >= 11 is 0. The molecule has 0 unspecified atom stereocenters. The molecule has 0 saturated carbocycles. The molecule has 2 amide bonds. The summed E-state index contributed by atoms with van der Waals surface area (Å²) in [7, 11) is 3.20. The molecule has 0 fully saturated rings. The Morgan fingerprint density at radius 1 is 0.667 bits per heavy atom. The van der Waals surface area contributed by atoms with E-state index in [2.05, 4.69) is 10.6 Å². The lowest BCUT2D eigenvalue weighted by Gasteiger charge is -2.10. The molecule has 6 heteroatoms. The standard InChI is InChI=1S/C21H20N2O4/c1-25-17-10-6-15(7-11-17)22-21(24)23-16-8-12-18(13-9-16)27-20-5-3-4-19(14-20)26-2/h3-14H,1-2H3,(H2,22,23,24). The van der Waals surface area contributed by atoms with Gasteiger partial charge in [0.15, 0.2) is 0 Å². The summed E-state index contributed by atoms with van der Waals surface area (Å²) in [5.74, 6) is 2.78. The summed E-state index contributed by atoms with van der Waals surface area (Å²) in [6.45, 7) is 0. The lowest BCUT2D eigenvalue weighted by molar-refractivity contribution is 0.262. The molecule has 3 aromatic carbocycles. The van der Waals surface area contributed by atoms with Gasteiger partial charge in [-0.3, -0.25) is 0 Å². The molecule has 0 saturated heterocycles. The van der Waals surface area contributed by atoms with Crippen molar-refractivity contribution in [2.24, 2.45) is 0 Å². The van der Waals surface area contributed by atoms with E-state index in [1.807, 2.05) is 18.2 Å². The van der Waals surface area contributed by atoms with Crippen LogP contribution in [0.2, 0.25) is 0 Å². The largest absolute Gasteiger partial charge is 0.497 e. The number of hydrogen-bond acceptors (Lipinski definition) is 4. The minimum Gasteiger partial charge on any atom is -0.497 e. The lowest BCUT2D eigenvalue weighted by Crippen LogP contribution is -2.19. The van der Waals surface area contributed by atoms with Crippen molar-refractivity contribution < 1.29 is 19.0 Å². The van der Waals surface area contributed by atoms with Crippen molar-refractivity contribution in [1.82, 2.24) is 0 Å². The van der Waals surface area contributed by atoms with Gasteiger partial charge in [0, 0.05) is 17.4 Å². The maximum Gasteiger partial charge on any atom is 0.323 e. The highest BCUT2D eigenvalue weighted by Gasteiger charge is 2.04. The average Bonchev–Trinajstić information content (AvgIpc) is 2.70. The number of urea groups is 1. The van der Waals surface area contributed by atoms with Crippen LogP contribution in [0.1, 0.15) is 0 Å². The predicted molar refractivity (Wildman–Crippen MR) is 105 cm³/mol. The van der Waals surface area contributed by atoms with Gasteiger partial charge >= 0.3 is 6.03 Å². The second kappa shape index (κ2) is 8.62. The number of carbonyl (C=O) groups excluding carboxylic acids is 1. The Balaban J connectivity index is 1.57. The lowest BCUT2D eigenvalue weighted by atomic mass is 10.3. The predicted octanol–water partition coefficient (Wildman–Crippen LogP) is 5.14. The van der Waals surface area contributed by atoms with E-state index in [4.69, 9.17) is 14.2 Å². The molecule has 3 aromatic rings. The first-order chi connectivity index (χ1) is 13.2. The first-order valence-electron chi connectivity index (χ1n) is 8.30. The van der Waals surface area contributed by atoms with Gasteiger partial charge in [0.2, 0.25) is 0 Å². The maximum atomic E-state index is 12.1. The molecule has 3 rings (SSSR count). The quantitative estimate of drug-likeness (QED) is 0.635. The van der Waals surface area contributed by atoms with Gasteiger partial charge in [0.05, 0.1) is 14.2 Å². The zero-order valence-corrected chi connectivity index (χ0v) is 15.1. The number of hydrogen-bond donors (Lipinski definition) is 2. The van der Waals surface area contributed by atoms with Gasteiger partial charge in [-0.1, -0.05) is 6.07 Å². The molecule has 0 aliphatic rings. The SMILES string of the molecule is COc1ccc(NC(=O)Nc2ccc(Oc3cccc(OC)c3)cc2)cc1. The minimum absolute atomic E-state index is 0.332. The van der Waals surface area contributed by atoms with Crippen LogP contribution in [-0.2, 0) is 0 Å². The van der Waals surface area contributed by atoms with Gasteiger partial charge < -0.3 is 24.8 Å². The summed E-state index contributed by atoms with van der Waals surface area (Å²) in [5, 5.41) is 5.53. The fourth-order valence-electron chi connectivity index (χ4n) is 2.37. The third-order valence-corrected chi connectivity index (χ3v) is 3.74. The van der Waals surface area contributed by atoms with Gasteiger partial charge in [-0.15, -0.1) is 0 Å². The molecule has 0 aliphatic heterocycles. The fraction of sp³-hybridized carbons (Fsp3) is 0.0952. The van der Waals surface area contributed by atoms with E-state index in [0.717, 1.165) is 11.5 Å². The molecule has 0 aromatic heterocycles. The highest BCUT2D eigenvalue weighted by atomic mass is 16.5. The fourth-order valence-corrected chi connectivity index (χ4v) is 2.37. The first-order valence-corrected chi connectivity index (χ1v) is 8.30. The van der Waals surface area contributed by atoms with Gasteiger partial charge in [0.1, 0.15) is 23.0 Å². The van der Waals surface area contributed by atoms with Crippen LogP contribution in [0, 0.1) is 0 Å². The van der Waals surface area contributed by atoms with Crippen LogP contribution < -0.4 is 24.8 Å². The molecule has 0 bridgehead atoms. The van der Waals surface area contributed by atoms with E-state index >= 15 is 0 Å². The second-order valence-electron chi connectivity index (χ2n) is 5.61. The zero-order valence-electron chi connectivity index (χ0n) is 15.1. The highest BCUT2D eigenvalue weighted by Crippen LogP contribution is 2.26. The number of carbonyl (C=O) groups is 1. The molecule has 0 atom stereocenters. The van der Waals surface area contributed by atoms with Gasteiger partial charge in [-0.2, -0.15) is 0 Å². The second-order valence-corrected chi connectivity index (χ2v) is 5.61. The highest BCUT2D eigenvalue weighted by molar-refractivity contribution is 5.99. The Morgan fingerprint density at radius 3 is 1.74 bits per heavy atom. The van der Waals surface area contributed by atoms with Crippen LogP contribution in [0.15, 0.2) is 72.8 Å². The Morgan fingerprint density at radius 2 is 1.19 bits per heavy atom. The number of rotatable bonds is 6. The molecule has 6 nitrogen and oxygen atoms in total. The Hall–Kier alpha value is -3.67. The Kier molecular flexibility index (Phi) is 5.79. The molecule has 0 aliphatic carbocycles. The number of amides is 2. The minimum atomic E-state index is -0.332. The molecular weight excluding hydrogens is 344 g/mol. The summed E-state index contributed by atoms with van der Waals surface area (Å²) in [6.07, 6.45) is 0. The van der Waals surface area contributed by atoms with Crippen molar-refractivity contribution in [3.63, 3.8) is 0 Å². The third kappa shape index (κ3) is 5.15. The molecule has 0 radical (unpaired) electrons. The van der Waals surface area contributed by atoms with Gasteiger partial charge in [0.25, 0.3) is 0 Å². The summed E-state index contributed by atoms with van der Waals surface area (Å²) in [4.78, 5) is 12.1. The van der Waals surface area contributed by atoms with E-state index in [9.17, 15) is 4.79 Å². The van der Waals surface area contributed by atoms with E-state index in [1.54, 1.807) is 68.8 Å². The summed E-state index contributed by atoms with van der Waals surface area (Å²) in [6, 6.07) is 21.2. The number of methoxy groups -OCH3 is 2. The van der Waals surface area contributed by atoms with Crippen molar-refractivity contribution in [1.29, 1.82) is 0 Å². The first kappa shape index (κ1) is 18.1. The van der Waals surface area contributed by atoms with Crippen molar-refractivity contribution in [3.8, 4) is 23.0 Å². The maximum absolute atomic E-state index is 12.1. The van der Waals surface area contributed by atoms with Crippen LogP contribution in [0.3, 0.4) is 0 Å². The molecule has 27 heavy (non-hydrogen) atoms. The van der Waals surface area contributed by atoms with E-state index in [1.165, 1.54) is 0 Å². The molecule has 138 valence electrons. The molecule has 2 N–H and O–H groups in total. The Bertz CT molecular complexity index is 893. The van der Waals surface area contributed by atoms with Crippen LogP contribution in [0.4, 0.5) is 16.2 Å². The molecular formula is C21H20N2O4. The average molecular weight is 364 g/mol. The van der Waals surface area contributed by atoms with Crippen molar-refractivity contribution in [2.75, 3.05) is 24.9 Å². The van der Waals surface area contributed by atoms with Crippen LogP contribution in [0.25, 0.3) is 0 Å². The van der Waals surface area contributed by atoms with E-state index < -0.39 is 0 Å². The topological polar surface area (TPSA) is 68.8 Å². The van der Waals surface area contributed by atoms with Crippen molar-refractivity contribution >= 4 is 17.4 Å². The third-order valence-electron chi connectivity index (χ3n) is 3.74. The summed E-state index contributed by atoms with van der Waals surface area (Å²) < 4.78 is 16.0. The normalized spacial score (nSPS) is 10.0. The van der Waals surface area contributed by atoms with Crippen molar-refractivity contribution in [3.05, 3.63) is 72.8 Å². The summed E-state index contributed by atoms with van der Waals surface area (Å²) in [5.41, 5.74) is 1.32. The number of benzene rings is 3. The smallest absolute Gasteiger partial charge is 0.323 e. The van der Waals surface area contributed by atoms with Crippen molar-refractivity contribution in [2.45, 2.75) is 0 Å². The monoisotopic (exact) mass is 364 g/mol. The number of anilines is 2. The van der Waals surface area contributed by atoms with Crippen LogP contribution in [-0.4, -0.2) is 20.3 Å². The van der Waals surface area contributed by atoms with Gasteiger partial charge in [-0.25, -0.2) is 4.79 Å². The molecule has 0 spiro atoms. The van der Waals surface area contributed by atoms with E-state index in [0.29, 0.717) is 22.9 Å². The number of nitrogens with one attached hydrogen (secondary N) is 2. The zero-order chi connectivity index (χ0) is 19.1. The van der Waals surface area contributed by atoms with Crippen LogP contribution >= 0.6 is 0 Å². The van der Waals surface area contributed by atoms with Gasteiger partial charge in [-0.05, 0) is 60.7 Å². The van der Waals surface area contributed by atoms with E-state index in [-0.39, 0.29) is 6.03 Å². The van der Waals surface area contributed by atoms with Crippen LogP contribution in [0.5, 0.6) is 23.0 Å². The number of ether oxygens (including phenoxy) is 3.